The van der Waals surface area contributed by atoms with E-state index in [2.05, 4.69) is 18.8 Å². The molecule has 2 nitrogen and oxygen atoms in total. The molecule has 0 aliphatic carbocycles. The van der Waals surface area contributed by atoms with Crippen molar-refractivity contribution in [1.82, 2.24) is 5.32 Å². The normalized spacial score (nSPS) is 21.9. The molecule has 0 bridgehead atoms. The third-order valence-corrected chi connectivity index (χ3v) is 2.19. The summed E-state index contributed by atoms with van der Waals surface area (Å²) in [4.78, 5) is 0. The van der Waals surface area contributed by atoms with E-state index in [0.29, 0.717) is 11.8 Å². The maximum absolute atomic E-state index is 9.23. The summed E-state index contributed by atoms with van der Waals surface area (Å²) in [6.45, 7) is 5.14. The van der Waals surface area contributed by atoms with Gasteiger partial charge in [-0.2, -0.15) is 0 Å². The highest BCUT2D eigenvalue weighted by atomic mass is 16.3. The van der Waals surface area contributed by atoms with E-state index in [9.17, 15) is 5.11 Å². The average Bonchev–Trinajstić information content (AvgIpc) is 2.04. The Morgan fingerprint density at radius 1 is 1.58 bits per heavy atom. The van der Waals surface area contributed by atoms with Crippen LogP contribution in [0.25, 0.3) is 0 Å². The van der Waals surface area contributed by atoms with E-state index >= 15 is 0 Å². The van der Waals surface area contributed by atoms with Crippen LogP contribution in [0.5, 0.6) is 5.75 Å². The van der Waals surface area contributed by atoms with Gasteiger partial charge in [-0.3, -0.25) is 0 Å². The number of aromatic hydroxyl groups is 1. The Bertz CT molecular complexity index is 296. The number of hydrogen-bond acceptors (Lipinski definition) is 2. The number of nitrogens with one attached hydrogen (secondary N) is 1. The molecule has 1 heterocycles. The molecule has 62 valence electrons. The van der Waals surface area contributed by atoms with Crippen molar-refractivity contribution in [2.75, 3.05) is 0 Å². The van der Waals surface area contributed by atoms with Gasteiger partial charge in [0.25, 0.3) is 0 Å². The number of fused-ring (bicyclic) bond motifs is 1. The third kappa shape index (κ3) is 1.18. The molecule has 0 aromatic heterocycles. The van der Waals surface area contributed by atoms with Gasteiger partial charge >= 0.3 is 0 Å². The summed E-state index contributed by atoms with van der Waals surface area (Å²) >= 11 is 0. The molecule has 2 heteroatoms. The zero-order valence-electron chi connectivity index (χ0n) is 6.96. The van der Waals surface area contributed by atoms with Gasteiger partial charge in [-0.15, -0.1) is 0 Å². The Kier molecular flexibility index (Phi) is 1.77. The first-order valence-corrected chi connectivity index (χ1v) is 4.07. The zero-order valence-corrected chi connectivity index (χ0v) is 6.96. The fourth-order valence-corrected chi connectivity index (χ4v) is 1.54. The Hall–Kier alpha value is -1.02. The lowest BCUT2D eigenvalue weighted by molar-refractivity contribution is 0.472. The summed E-state index contributed by atoms with van der Waals surface area (Å²) in [6, 6.07) is 5.81. The number of hydrogen-bond donors (Lipinski definition) is 2. The van der Waals surface area contributed by atoms with Crippen LogP contribution >= 0.6 is 0 Å². The van der Waals surface area contributed by atoms with E-state index in [-0.39, 0.29) is 0 Å². The van der Waals surface area contributed by atoms with Gasteiger partial charge in [-0.1, -0.05) is 6.07 Å². The number of rotatable bonds is 0. The topological polar surface area (TPSA) is 32.3 Å². The second-order valence-electron chi connectivity index (χ2n) is 3.10. The summed E-state index contributed by atoms with van der Waals surface area (Å²) in [5.74, 6) is 0.338. The van der Waals surface area contributed by atoms with Gasteiger partial charge in [-0.25, -0.2) is 0 Å². The standard InChI is InChI=1S/C10H11NO/c1-7-10-3-2-9(12)6-8(10)4-5-11-7/h2-3,6-7,11-12H,4H2,1H3. The molecule has 12 heavy (non-hydrogen) atoms. The predicted molar refractivity (Wildman–Crippen MR) is 46.6 cm³/mol. The lowest BCUT2D eigenvalue weighted by Crippen LogP contribution is -2.23. The predicted octanol–water partition coefficient (Wildman–Crippen LogP) is 1.64. The Morgan fingerprint density at radius 3 is 3.25 bits per heavy atom. The number of phenols is 1. The zero-order chi connectivity index (χ0) is 8.55. The number of phenolic OH excluding ortho intramolecular Hbond substituents is 1. The van der Waals surface area contributed by atoms with Crippen molar-refractivity contribution in [3.63, 3.8) is 0 Å². The van der Waals surface area contributed by atoms with Crippen molar-refractivity contribution in [3.8, 4) is 5.75 Å². The van der Waals surface area contributed by atoms with Crippen LogP contribution in [-0.4, -0.2) is 5.11 Å². The Labute approximate surface area is 72.2 Å². The molecule has 2 rings (SSSR count). The highest BCUT2D eigenvalue weighted by Crippen LogP contribution is 2.26. The summed E-state index contributed by atoms with van der Waals surface area (Å²) in [5.41, 5.74) is 2.42. The van der Waals surface area contributed by atoms with Gasteiger partial charge in [0.1, 0.15) is 5.75 Å². The van der Waals surface area contributed by atoms with Crippen LogP contribution in [0.2, 0.25) is 0 Å². The number of benzene rings is 1. The van der Waals surface area contributed by atoms with Crippen LogP contribution in [0.4, 0.5) is 0 Å². The minimum absolute atomic E-state index is 0.314. The van der Waals surface area contributed by atoms with Crippen LogP contribution < -0.4 is 5.32 Å². The van der Waals surface area contributed by atoms with Crippen LogP contribution in [-0.2, 0) is 6.42 Å². The van der Waals surface area contributed by atoms with Crippen LogP contribution in [0, 0.1) is 6.54 Å². The fourth-order valence-electron chi connectivity index (χ4n) is 1.54. The largest absolute Gasteiger partial charge is 0.508 e. The van der Waals surface area contributed by atoms with Crippen LogP contribution in [0.3, 0.4) is 0 Å². The highest BCUT2D eigenvalue weighted by Gasteiger charge is 2.15. The monoisotopic (exact) mass is 161 g/mol. The first kappa shape index (κ1) is 7.62. The molecular formula is C10H11NO. The first-order chi connectivity index (χ1) is 5.77. The van der Waals surface area contributed by atoms with E-state index in [0.717, 1.165) is 6.42 Å². The van der Waals surface area contributed by atoms with Crippen molar-refractivity contribution in [1.29, 1.82) is 0 Å². The van der Waals surface area contributed by atoms with Crippen molar-refractivity contribution >= 4 is 0 Å². The summed E-state index contributed by atoms with van der Waals surface area (Å²) in [5, 5.41) is 12.4. The molecule has 0 amide bonds. The minimum Gasteiger partial charge on any atom is -0.508 e. The smallest absolute Gasteiger partial charge is 0.115 e. The van der Waals surface area contributed by atoms with Gasteiger partial charge in [0.05, 0.1) is 6.54 Å². The molecule has 1 atom stereocenters. The minimum atomic E-state index is 0.314. The molecule has 0 fully saturated rings. The Balaban J connectivity index is 2.46. The molecule has 0 spiro atoms. The fraction of sp³-hybridized carbons (Fsp3) is 0.300. The molecule has 1 aliphatic rings. The Morgan fingerprint density at radius 2 is 2.42 bits per heavy atom. The summed E-state index contributed by atoms with van der Waals surface area (Å²) in [7, 11) is 0. The van der Waals surface area contributed by atoms with E-state index in [1.165, 1.54) is 11.1 Å². The second kappa shape index (κ2) is 2.79. The lowest BCUT2D eigenvalue weighted by atomic mass is 9.95. The van der Waals surface area contributed by atoms with Crippen molar-refractivity contribution in [2.45, 2.75) is 19.4 Å². The van der Waals surface area contributed by atoms with E-state index in [1.807, 2.05) is 6.07 Å². The van der Waals surface area contributed by atoms with Gasteiger partial charge in [-0.05, 0) is 36.6 Å². The average molecular weight is 161 g/mol. The second-order valence-corrected chi connectivity index (χ2v) is 3.10. The van der Waals surface area contributed by atoms with E-state index in [1.54, 1.807) is 12.1 Å². The van der Waals surface area contributed by atoms with E-state index in [4.69, 9.17) is 0 Å². The van der Waals surface area contributed by atoms with Crippen LogP contribution in [0.15, 0.2) is 18.2 Å². The van der Waals surface area contributed by atoms with Crippen molar-refractivity contribution < 1.29 is 5.11 Å². The molecule has 1 aliphatic heterocycles. The van der Waals surface area contributed by atoms with E-state index < -0.39 is 0 Å². The molecule has 1 unspecified atom stereocenters. The quantitative estimate of drug-likeness (QED) is 0.606. The molecule has 2 N–H and O–H groups in total. The SMILES string of the molecule is CC1N[C]Cc2cc(O)ccc21. The first-order valence-electron chi connectivity index (χ1n) is 4.07. The van der Waals surface area contributed by atoms with Gasteiger partial charge in [0.15, 0.2) is 0 Å². The van der Waals surface area contributed by atoms with Gasteiger partial charge in [0.2, 0.25) is 0 Å². The molecular weight excluding hydrogens is 150 g/mol. The molecule has 0 saturated heterocycles. The van der Waals surface area contributed by atoms with Crippen LogP contribution in [0.1, 0.15) is 24.1 Å². The summed E-state index contributed by atoms with van der Waals surface area (Å²) in [6.07, 6.45) is 0.772. The molecule has 1 aromatic rings. The highest BCUT2D eigenvalue weighted by molar-refractivity contribution is 5.39. The lowest BCUT2D eigenvalue weighted by Gasteiger charge is -2.22. The van der Waals surface area contributed by atoms with Gasteiger partial charge < -0.3 is 10.4 Å². The maximum Gasteiger partial charge on any atom is 0.115 e. The molecule has 1 aromatic carbocycles. The van der Waals surface area contributed by atoms with Crippen molar-refractivity contribution in [2.24, 2.45) is 0 Å². The van der Waals surface area contributed by atoms with Gasteiger partial charge in [0, 0.05) is 6.04 Å². The molecule has 0 saturated carbocycles. The summed E-state index contributed by atoms with van der Waals surface area (Å²) < 4.78 is 0. The third-order valence-electron chi connectivity index (χ3n) is 2.19. The maximum atomic E-state index is 9.23. The molecule has 2 radical (unpaired) electrons. The van der Waals surface area contributed by atoms with Crippen molar-refractivity contribution in [3.05, 3.63) is 35.9 Å².